The SMILES string of the molecule is Cc1cccc2nc(-c3ccccc3)c([Se]c3ccccc3)n12. The quantitative estimate of drug-likeness (QED) is 0.512. The Labute approximate surface area is 142 Å². The van der Waals surface area contributed by atoms with Crippen LogP contribution in [0.4, 0.5) is 0 Å². The number of benzene rings is 2. The van der Waals surface area contributed by atoms with Crippen LogP contribution in [0, 0.1) is 6.92 Å². The molecule has 4 rings (SSSR count). The zero-order valence-electron chi connectivity index (χ0n) is 12.8. The molecule has 0 N–H and O–H groups in total. The van der Waals surface area contributed by atoms with Gasteiger partial charge in [0.1, 0.15) is 0 Å². The molecule has 2 heterocycles. The number of fused-ring (bicyclic) bond motifs is 1. The van der Waals surface area contributed by atoms with Crippen LogP contribution in [0.15, 0.2) is 78.9 Å². The Bertz CT molecular complexity index is 943. The summed E-state index contributed by atoms with van der Waals surface area (Å²) in [6, 6.07) is 27.5. The van der Waals surface area contributed by atoms with Gasteiger partial charge in [-0.15, -0.1) is 0 Å². The summed E-state index contributed by atoms with van der Waals surface area (Å²) in [6.07, 6.45) is 0. The molecule has 0 aliphatic rings. The second kappa shape index (κ2) is 6.04. The number of hydrogen-bond acceptors (Lipinski definition) is 1. The monoisotopic (exact) mass is 364 g/mol. The van der Waals surface area contributed by atoms with Crippen molar-refractivity contribution in [2.75, 3.05) is 0 Å². The molecule has 0 saturated carbocycles. The first-order valence-electron chi connectivity index (χ1n) is 7.59. The molecule has 0 amide bonds. The average Bonchev–Trinajstić information content (AvgIpc) is 2.96. The summed E-state index contributed by atoms with van der Waals surface area (Å²) in [5.41, 5.74) is 4.54. The van der Waals surface area contributed by atoms with E-state index in [0.29, 0.717) is 0 Å². The van der Waals surface area contributed by atoms with Crippen LogP contribution >= 0.6 is 0 Å². The van der Waals surface area contributed by atoms with E-state index in [1.54, 1.807) is 0 Å². The van der Waals surface area contributed by atoms with Gasteiger partial charge < -0.3 is 0 Å². The normalized spacial score (nSPS) is 11.0. The molecule has 112 valence electrons. The van der Waals surface area contributed by atoms with Gasteiger partial charge >= 0.3 is 142 Å². The van der Waals surface area contributed by atoms with E-state index in [1.165, 1.54) is 20.3 Å². The molecule has 0 aliphatic heterocycles. The van der Waals surface area contributed by atoms with E-state index in [9.17, 15) is 0 Å². The van der Waals surface area contributed by atoms with Gasteiger partial charge in [0.05, 0.1) is 0 Å². The van der Waals surface area contributed by atoms with Crippen molar-refractivity contribution in [1.29, 1.82) is 0 Å². The van der Waals surface area contributed by atoms with Gasteiger partial charge in [-0.25, -0.2) is 0 Å². The number of aromatic nitrogens is 2. The summed E-state index contributed by atoms with van der Waals surface area (Å²) in [7, 11) is 0. The molecule has 0 aliphatic carbocycles. The van der Waals surface area contributed by atoms with Gasteiger partial charge in [0.25, 0.3) is 0 Å². The maximum absolute atomic E-state index is 4.92. The van der Waals surface area contributed by atoms with Gasteiger partial charge in [-0.3, -0.25) is 0 Å². The second-order valence-electron chi connectivity index (χ2n) is 5.41. The minimum atomic E-state index is 0.206. The molecule has 0 atom stereocenters. The number of hydrogen-bond donors (Lipinski definition) is 0. The second-order valence-corrected chi connectivity index (χ2v) is 7.64. The van der Waals surface area contributed by atoms with Crippen LogP contribution in [0.25, 0.3) is 16.9 Å². The number of pyridine rings is 1. The van der Waals surface area contributed by atoms with Gasteiger partial charge in [0, 0.05) is 0 Å². The van der Waals surface area contributed by atoms with E-state index in [0.717, 1.165) is 11.3 Å². The first kappa shape index (κ1) is 14.3. The Morgan fingerprint density at radius 2 is 1.48 bits per heavy atom. The van der Waals surface area contributed by atoms with Crippen LogP contribution in [0.5, 0.6) is 0 Å². The minimum absolute atomic E-state index is 0.206. The van der Waals surface area contributed by atoms with E-state index in [1.807, 2.05) is 6.07 Å². The molecule has 2 nitrogen and oxygen atoms in total. The van der Waals surface area contributed by atoms with Gasteiger partial charge in [0.15, 0.2) is 0 Å². The van der Waals surface area contributed by atoms with Crippen LogP contribution in [0.2, 0.25) is 0 Å². The fourth-order valence-corrected chi connectivity index (χ4v) is 5.02. The van der Waals surface area contributed by atoms with Crippen LogP contribution < -0.4 is 9.05 Å². The molecule has 2 aromatic carbocycles. The van der Waals surface area contributed by atoms with Crippen LogP contribution in [0.1, 0.15) is 5.69 Å². The third-order valence-corrected chi connectivity index (χ3v) is 6.06. The zero-order chi connectivity index (χ0) is 15.6. The van der Waals surface area contributed by atoms with Crippen molar-refractivity contribution in [2.24, 2.45) is 0 Å². The average molecular weight is 363 g/mol. The Hall–Kier alpha value is -2.35. The van der Waals surface area contributed by atoms with Gasteiger partial charge in [-0.1, -0.05) is 0 Å². The number of imidazole rings is 1. The van der Waals surface area contributed by atoms with E-state index in [2.05, 4.69) is 84.1 Å². The third-order valence-electron chi connectivity index (χ3n) is 3.80. The molecule has 23 heavy (non-hydrogen) atoms. The first-order chi connectivity index (χ1) is 11.3. The van der Waals surface area contributed by atoms with Crippen LogP contribution in [0.3, 0.4) is 0 Å². The van der Waals surface area contributed by atoms with Crippen molar-refractivity contribution in [3.8, 4) is 11.3 Å². The molecule has 0 radical (unpaired) electrons. The maximum atomic E-state index is 4.92. The molecule has 4 aromatic rings. The van der Waals surface area contributed by atoms with E-state index in [-0.39, 0.29) is 15.0 Å². The summed E-state index contributed by atoms with van der Waals surface area (Å²) in [5.74, 6) is 0. The Balaban J connectivity index is 1.95. The number of rotatable bonds is 3. The molecule has 3 heteroatoms. The molecule has 0 spiro atoms. The summed E-state index contributed by atoms with van der Waals surface area (Å²) in [5, 5.41) is 0. The van der Waals surface area contributed by atoms with Crippen LogP contribution in [-0.4, -0.2) is 24.3 Å². The molecule has 0 unspecified atom stereocenters. The van der Waals surface area contributed by atoms with E-state index >= 15 is 0 Å². The van der Waals surface area contributed by atoms with Crippen molar-refractivity contribution in [1.82, 2.24) is 9.38 Å². The standard InChI is InChI=1S/C20H16N2Se/c1-15-9-8-14-18-21-19(16-10-4-2-5-11-16)20(22(15)18)23-17-12-6-3-7-13-17/h2-14H,1H3. The summed E-state index contributed by atoms with van der Waals surface area (Å²) < 4.78 is 4.97. The van der Waals surface area contributed by atoms with Crippen LogP contribution in [-0.2, 0) is 0 Å². The molecule has 0 saturated heterocycles. The van der Waals surface area contributed by atoms with Crippen molar-refractivity contribution >= 4 is 29.7 Å². The molecule has 0 bridgehead atoms. The van der Waals surface area contributed by atoms with Crippen molar-refractivity contribution in [3.63, 3.8) is 0 Å². The van der Waals surface area contributed by atoms with Crippen molar-refractivity contribution < 1.29 is 0 Å². The van der Waals surface area contributed by atoms with Crippen molar-refractivity contribution in [3.05, 3.63) is 84.6 Å². The van der Waals surface area contributed by atoms with Gasteiger partial charge in [0.2, 0.25) is 0 Å². The topological polar surface area (TPSA) is 17.3 Å². The fourth-order valence-electron chi connectivity index (χ4n) is 2.70. The summed E-state index contributed by atoms with van der Waals surface area (Å²) in [6.45, 7) is 2.15. The number of aryl methyl sites for hydroxylation is 1. The van der Waals surface area contributed by atoms with E-state index < -0.39 is 0 Å². The van der Waals surface area contributed by atoms with Gasteiger partial charge in [-0.2, -0.15) is 0 Å². The summed E-state index contributed by atoms with van der Waals surface area (Å²) in [4.78, 5) is 4.92. The van der Waals surface area contributed by atoms with Gasteiger partial charge in [-0.05, 0) is 0 Å². The fraction of sp³-hybridized carbons (Fsp3) is 0.0500. The summed E-state index contributed by atoms with van der Waals surface area (Å²) >= 11 is 0.206. The van der Waals surface area contributed by atoms with E-state index in [4.69, 9.17) is 4.98 Å². The Morgan fingerprint density at radius 3 is 2.22 bits per heavy atom. The zero-order valence-corrected chi connectivity index (χ0v) is 14.5. The Kier molecular flexibility index (Phi) is 3.74. The number of nitrogens with zero attached hydrogens (tertiary/aromatic N) is 2. The predicted molar refractivity (Wildman–Crippen MR) is 96.8 cm³/mol. The Morgan fingerprint density at radius 1 is 0.783 bits per heavy atom. The molecular formula is C20H16N2Se. The predicted octanol–water partition coefficient (Wildman–Crippen LogP) is 2.96. The van der Waals surface area contributed by atoms with Crippen molar-refractivity contribution in [2.45, 2.75) is 6.92 Å². The first-order valence-corrected chi connectivity index (χ1v) is 9.30. The molecule has 0 fully saturated rings. The third kappa shape index (κ3) is 2.70. The molecular weight excluding hydrogens is 347 g/mol. The molecule has 2 aromatic heterocycles.